The second-order valence-corrected chi connectivity index (χ2v) is 22.5. The summed E-state index contributed by atoms with van der Waals surface area (Å²) in [5, 5.41) is 0. The number of benzene rings is 7. The quantitative estimate of drug-likeness (QED) is 0.162. The molecule has 1 nitrogen and oxygen atoms in total. The standard InChI is InChI=1S/C61H67N/c1-57(2,3)45-27-30-54(60(10,11)12)53(38-45)44-31-42(43-32-46(58(4,5)6)37-47(33-43)59(7,8)9)35-50(36-44)62(48-24-20-23-41(34-48)40-21-16-15-17-22-40)49-28-29-52-51-25-18-19-26-55(51)61(13,14)56(52)39-49/h15-39H,1-14H3. The fourth-order valence-corrected chi connectivity index (χ4v) is 9.36. The minimum absolute atomic E-state index is 0.00698. The number of nitrogens with zero attached hydrogens (tertiary/aromatic N) is 1. The average Bonchev–Trinajstić information content (AvgIpc) is 3.45. The molecular formula is C61H67N. The molecular weight excluding hydrogens is 747 g/mol. The Morgan fingerprint density at radius 1 is 0.323 bits per heavy atom. The Morgan fingerprint density at radius 2 is 0.871 bits per heavy atom. The highest BCUT2D eigenvalue weighted by Crippen LogP contribution is 2.51. The minimum atomic E-state index is -0.141. The molecule has 0 spiro atoms. The summed E-state index contributed by atoms with van der Waals surface area (Å²) < 4.78 is 0. The highest BCUT2D eigenvalue weighted by molar-refractivity contribution is 5.90. The van der Waals surface area contributed by atoms with Gasteiger partial charge in [0, 0.05) is 22.5 Å². The number of anilines is 3. The van der Waals surface area contributed by atoms with Crippen LogP contribution in [0.2, 0.25) is 0 Å². The van der Waals surface area contributed by atoms with Crippen molar-refractivity contribution in [1.82, 2.24) is 0 Å². The van der Waals surface area contributed by atoms with Crippen LogP contribution in [0, 0.1) is 0 Å². The number of rotatable bonds is 6. The monoisotopic (exact) mass is 814 g/mol. The first-order valence-electron chi connectivity index (χ1n) is 22.7. The number of fused-ring (bicyclic) bond motifs is 3. The molecule has 0 radical (unpaired) electrons. The Hall–Kier alpha value is -5.66. The average molecular weight is 814 g/mol. The van der Waals surface area contributed by atoms with E-state index in [1.54, 1.807) is 0 Å². The van der Waals surface area contributed by atoms with Crippen LogP contribution >= 0.6 is 0 Å². The normalized spacial score (nSPS) is 13.8. The van der Waals surface area contributed by atoms with E-state index in [0.29, 0.717) is 0 Å². The first-order valence-corrected chi connectivity index (χ1v) is 22.7. The maximum absolute atomic E-state index is 2.52. The second-order valence-electron chi connectivity index (χ2n) is 22.5. The van der Waals surface area contributed by atoms with Crippen LogP contribution in [0.25, 0.3) is 44.5 Å². The molecule has 0 aliphatic heterocycles. The summed E-state index contributed by atoms with van der Waals surface area (Å²) in [6.45, 7) is 32.8. The lowest BCUT2D eigenvalue weighted by Gasteiger charge is -2.31. The molecule has 0 saturated heterocycles. The Balaban J connectivity index is 1.46. The van der Waals surface area contributed by atoms with Gasteiger partial charge in [0.25, 0.3) is 0 Å². The highest BCUT2D eigenvalue weighted by atomic mass is 15.1. The van der Waals surface area contributed by atoms with E-state index in [9.17, 15) is 0 Å². The van der Waals surface area contributed by atoms with E-state index in [1.165, 1.54) is 77.9 Å². The van der Waals surface area contributed by atoms with Crippen LogP contribution in [-0.2, 0) is 27.1 Å². The van der Waals surface area contributed by atoms with Gasteiger partial charge in [-0.2, -0.15) is 0 Å². The summed E-state index contributed by atoms with van der Waals surface area (Å²) >= 11 is 0. The zero-order valence-electron chi connectivity index (χ0n) is 39.9. The van der Waals surface area contributed by atoms with Gasteiger partial charge in [0.15, 0.2) is 0 Å². The lowest BCUT2D eigenvalue weighted by molar-refractivity contribution is 0.569. The molecule has 0 unspecified atom stereocenters. The van der Waals surface area contributed by atoms with Gasteiger partial charge in [0.1, 0.15) is 0 Å². The van der Waals surface area contributed by atoms with Crippen molar-refractivity contribution < 1.29 is 0 Å². The molecule has 7 aromatic carbocycles. The van der Waals surface area contributed by atoms with Crippen LogP contribution in [0.3, 0.4) is 0 Å². The summed E-state index contributed by atoms with van der Waals surface area (Å²) in [5.41, 5.74) is 21.3. The zero-order chi connectivity index (χ0) is 44.6. The molecule has 0 heterocycles. The van der Waals surface area contributed by atoms with E-state index in [1.807, 2.05) is 0 Å². The molecule has 62 heavy (non-hydrogen) atoms. The van der Waals surface area contributed by atoms with Crippen molar-refractivity contribution in [2.75, 3.05) is 4.90 Å². The van der Waals surface area contributed by atoms with Gasteiger partial charge in [-0.05, 0) is 142 Å². The Kier molecular flexibility index (Phi) is 10.6. The molecule has 0 amide bonds. The summed E-state index contributed by atoms with van der Waals surface area (Å²) in [6, 6.07) is 57.9. The fourth-order valence-electron chi connectivity index (χ4n) is 9.36. The molecule has 0 fully saturated rings. The zero-order valence-corrected chi connectivity index (χ0v) is 39.9. The third-order valence-electron chi connectivity index (χ3n) is 13.2. The molecule has 0 N–H and O–H groups in total. The van der Waals surface area contributed by atoms with Crippen LogP contribution in [0.4, 0.5) is 17.1 Å². The third kappa shape index (κ3) is 8.20. The third-order valence-corrected chi connectivity index (χ3v) is 13.2. The Bertz CT molecular complexity index is 2750. The van der Waals surface area contributed by atoms with E-state index in [2.05, 4.69) is 253 Å². The SMILES string of the molecule is CC(C)(C)c1cc(-c2cc(-c3cc(C(C)(C)C)ccc3C(C)(C)C)cc(N(c3cccc(-c4ccccc4)c3)c3ccc4c(c3)C(C)(C)c3ccccc3-4)c2)cc(C(C)(C)C)c1. The maximum atomic E-state index is 2.52. The second kappa shape index (κ2) is 15.3. The van der Waals surface area contributed by atoms with Crippen molar-refractivity contribution in [1.29, 1.82) is 0 Å². The van der Waals surface area contributed by atoms with Gasteiger partial charge in [0.2, 0.25) is 0 Å². The van der Waals surface area contributed by atoms with Crippen molar-refractivity contribution in [3.05, 3.63) is 185 Å². The first-order chi connectivity index (χ1) is 29.0. The van der Waals surface area contributed by atoms with Gasteiger partial charge < -0.3 is 4.90 Å². The number of hydrogen-bond acceptors (Lipinski definition) is 1. The van der Waals surface area contributed by atoms with Crippen molar-refractivity contribution >= 4 is 17.1 Å². The smallest absolute Gasteiger partial charge is 0.0473 e. The summed E-state index contributed by atoms with van der Waals surface area (Å²) in [6.07, 6.45) is 0. The summed E-state index contributed by atoms with van der Waals surface area (Å²) in [4.78, 5) is 2.52. The molecule has 316 valence electrons. The van der Waals surface area contributed by atoms with Gasteiger partial charge >= 0.3 is 0 Å². The van der Waals surface area contributed by atoms with Crippen molar-refractivity contribution in [2.24, 2.45) is 0 Å². The lowest BCUT2D eigenvalue weighted by atomic mass is 9.77. The summed E-state index contributed by atoms with van der Waals surface area (Å²) in [7, 11) is 0. The van der Waals surface area contributed by atoms with Crippen molar-refractivity contribution in [2.45, 2.75) is 124 Å². The highest BCUT2D eigenvalue weighted by Gasteiger charge is 2.36. The van der Waals surface area contributed by atoms with E-state index in [-0.39, 0.29) is 27.1 Å². The molecule has 0 aromatic heterocycles. The number of hydrogen-bond donors (Lipinski definition) is 0. The van der Waals surface area contributed by atoms with E-state index in [0.717, 1.165) is 17.1 Å². The molecule has 0 bridgehead atoms. The maximum Gasteiger partial charge on any atom is 0.0473 e. The van der Waals surface area contributed by atoms with E-state index >= 15 is 0 Å². The van der Waals surface area contributed by atoms with Crippen LogP contribution in [0.1, 0.15) is 130 Å². The summed E-state index contributed by atoms with van der Waals surface area (Å²) in [5.74, 6) is 0. The van der Waals surface area contributed by atoms with Gasteiger partial charge in [0.05, 0.1) is 0 Å². The van der Waals surface area contributed by atoms with Crippen LogP contribution < -0.4 is 4.90 Å². The van der Waals surface area contributed by atoms with Crippen LogP contribution in [0.15, 0.2) is 152 Å². The Morgan fingerprint density at radius 3 is 1.52 bits per heavy atom. The predicted octanol–water partition coefficient (Wildman–Crippen LogP) is 17.7. The minimum Gasteiger partial charge on any atom is -0.310 e. The first kappa shape index (κ1) is 43.0. The van der Waals surface area contributed by atoms with Crippen molar-refractivity contribution in [3.8, 4) is 44.5 Å². The lowest BCUT2D eigenvalue weighted by Crippen LogP contribution is -2.17. The van der Waals surface area contributed by atoms with Gasteiger partial charge in [-0.1, -0.05) is 206 Å². The topological polar surface area (TPSA) is 3.24 Å². The molecule has 1 aliphatic rings. The van der Waals surface area contributed by atoms with Crippen LogP contribution in [-0.4, -0.2) is 0 Å². The Labute approximate surface area is 373 Å². The van der Waals surface area contributed by atoms with Gasteiger partial charge in [-0.3, -0.25) is 0 Å². The molecule has 7 aromatic rings. The van der Waals surface area contributed by atoms with Crippen molar-refractivity contribution in [3.63, 3.8) is 0 Å². The van der Waals surface area contributed by atoms with E-state index < -0.39 is 0 Å². The largest absolute Gasteiger partial charge is 0.310 e. The molecule has 0 saturated carbocycles. The molecule has 1 heteroatoms. The van der Waals surface area contributed by atoms with E-state index in [4.69, 9.17) is 0 Å². The fraction of sp³-hybridized carbons (Fsp3) is 0.311. The van der Waals surface area contributed by atoms with Gasteiger partial charge in [-0.15, -0.1) is 0 Å². The van der Waals surface area contributed by atoms with Crippen LogP contribution in [0.5, 0.6) is 0 Å². The molecule has 1 aliphatic carbocycles. The predicted molar refractivity (Wildman–Crippen MR) is 270 cm³/mol. The molecule has 0 atom stereocenters. The molecule has 8 rings (SSSR count). The van der Waals surface area contributed by atoms with Gasteiger partial charge in [-0.25, -0.2) is 0 Å².